The number of methoxy groups -OCH3 is 1. The monoisotopic (exact) mass is 304 g/mol. The van der Waals surface area contributed by atoms with Gasteiger partial charge in [-0.05, 0) is 30.3 Å². The average Bonchev–Trinajstić information content (AvgIpc) is 3.11. The van der Waals surface area contributed by atoms with Crippen molar-refractivity contribution < 1.29 is 9.53 Å². The van der Waals surface area contributed by atoms with Gasteiger partial charge in [0, 0.05) is 5.56 Å². The summed E-state index contributed by atoms with van der Waals surface area (Å²) in [6.07, 6.45) is 1.77. The third kappa shape index (κ3) is 2.94. The number of nitriles is 1. The summed E-state index contributed by atoms with van der Waals surface area (Å²) in [6, 6.07) is 16.1. The Morgan fingerprint density at radius 1 is 1.22 bits per heavy atom. The van der Waals surface area contributed by atoms with Crippen molar-refractivity contribution in [1.82, 2.24) is 15.0 Å². The molecular formula is C17H12N4O2. The van der Waals surface area contributed by atoms with E-state index in [-0.39, 0.29) is 5.97 Å². The van der Waals surface area contributed by atoms with Gasteiger partial charge in [0.25, 0.3) is 0 Å². The third-order valence-electron chi connectivity index (χ3n) is 3.33. The molecule has 6 nitrogen and oxygen atoms in total. The maximum absolute atomic E-state index is 11.4. The van der Waals surface area contributed by atoms with E-state index in [2.05, 4.69) is 21.1 Å². The molecule has 0 radical (unpaired) electrons. The van der Waals surface area contributed by atoms with E-state index in [0.29, 0.717) is 16.8 Å². The zero-order valence-electron chi connectivity index (χ0n) is 12.3. The molecule has 0 N–H and O–H groups in total. The predicted octanol–water partition coefficient (Wildman–Crippen LogP) is 2.59. The van der Waals surface area contributed by atoms with Gasteiger partial charge in [0.05, 0.1) is 36.2 Å². The highest BCUT2D eigenvalue weighted by atomic mass is 16.5. The molecular weight excluding hydrogens is 292 g/mol. The van der Waals surface area contributed by atoms with Crippen LogP contribution in [0.25, 0.3) is 16.9 Å². The van der Waals surface area contributed by atoms with Crippen LogP contribution in [0.5, 0.6) is 0 Å². The summed E-state index contributed by atoms with van der Waals surface area (Å²) in [6.45, 7) is 0. The smallest absolute Gasteiger partial charge is 0.337 e. The molecule has 0 fully saturated rings. The lowest BCUT2D eigenvalue weighted by atomic mass is 10.1. The fourth-order valence-corrected chi connectivity index (χ4v) is 2.14. The SMILES string of the molecule is COC(=O)c1ccc(-c2cn(-c3cccc(C#N)c3)nn2)cc1. The first-order chi connectivity index (χ1) is 11.2. The normalized spacial score (nSPS) is 10.1. The summed E-state index contributed by atoms with van der Waals surface area (Å²) in [7, 11) is 1.34. The van der Waals surface area contributed by atoms with Gasteiger partial charge in [-0.25, -0.2) is 9.48 Å². The molecule has 2 aromatic carbocycles. The van der Waals surface area contributed by atoms with Gasteiger partial charge in [-0.2, -0.15) is 5.26 Å². The van der Waals surface area contributed by atoms with E-state index in [0.717, 1.165) is 11.3 Å². The van der Waals surface area contributed by atoms with Crippen LogP contribution in [0.15, 0.2) is 54.7 Å². The summed E-state index contributed by atoms with van der Waals surface area (Å²) in [5.74, 6) is -0.381. The van der Waals surface area contributed by atoms with E-state index in [1.165, 1.54) is 7.11 Å². The first-order valence-electron chi connectivity index (χ1n) is 6.83. The van der Waals surface area contributed by atoms with Crippen LogP contribution in [0.1, 0.15) is 15.9 Å². The number of esters is 1. The molecule has 0 aliphatic heterocycles. The van der Waals surface area contributed by atoms with Crippen LogP contribution in [0.4, 0.5) is 0 Å². The van der Waals surface area contributed by atoms with Crippen LogP contribution in [0, 0.1) is 11.3 Å². The van der Waals surface area contributed by atoms with Gasteiger partial charge in [-0.3, -0.25) is 0 Å². The summed E-state index contributed by atoms with van der Waals surface area (Å²) in [5, 5.41) is 17.2. The average molecular weight is 304 g/mol. The number of hydrogen-bond acceptors (Lipinski definition) is 5. The molecule has 0 unspecified atom stereocenters. The second kappa shape index (κ2) is 6.12. The Balaban J connectivity index is 1.90. The highest BCUT2D eigenvalue weighted by molar-refractivity contribution is 5.89. The summed E-state index contributed by atoms with van der Waals surface area (Å²) < 4.78 is 6.27. The molecule has 0 saturated heterocycles. The summed E-state index contributed by atoms with van der Waals surface area (Å²) >= 11 is 0. The Hall–Kier alpha value is -3.46. The second-order valence-corrected chi connectivity index (χ2v) is 4.78. The number of benzene rings is 2. The van der Waals surface area contributed by atoms with Crippen LogP contribution < -0.4 is 0 Å². The first kappa shape index (κ1) is 14.5. The number of aromatic nitrogens is 3. The Kier molecular flexibility index (Phi) is 3.85. The van der Waals surface area contributed by atoms with Crippen molar-refractivity contribution in [1.29, 1.82) is 5.26 Å². The van der Waals surface area contributed by atoms with Crippen LogP contribution in [-0.2, 0) is 4.74 Å². The van der Waals surface area contributed by atoms with E-state index >= 15 is 0 Å². The van der Waals surface area contributed by atoms with Crippen molar-refractivity contribution in [2.45, 2.75) is 0 Å². The third-order valence-corrected chi connectivity index (χ3v) is 3.33. The van der Waals surface area contributed by atoms with Crippen molar-refractivity contribution in [3.63, 3.8) is 0 Å². The fraction of sp³-hybridized carbons (Fsp3) is 0.0588. The molecule has 6 heteroatoms. The molecule has 0 saturated carbocycles. The molecule has 112 valence electrons. The Morgan fingerprint density at radius 3 is 2.70 bits per heavy atom. The van der Waals surface area contributed by atoms with Crippen LogP contribution >= 0.6 is 0 Å². The van der Waals surface area contributed by atoms with Crippen molar-refractivity contribution in [2.24, 2.45) is 0 Å². The molecule has 0 amide bonds. The van der Waals surface area contributed by atoms with Crippen molar-refractivity contribution >= 4 is 5.97 Å². The van der Waals surface area contributed by atoms with E-state index in [1.807, 2.05) is 6.07 Å². The predicted molar refractivity (Wildman–Crippen MR) is 82.8 cm³/mol. The highest BCUT2D eigenvalue weighted by Crippen LogP contribution is 2.19. The van der Waals surface area contributed by atoms with Gasteiger partial charge in [-0.1, -0.05) is 23.4 Å². The molecule has 1 heterocycles. The van der Waals surface area contributed by atoms with Gasteiger partial charge < -0.3 is 4.74 Å². The molecule has 0 aliphatic rings. The number of carbonyl (C=O) groups is 1. The quantitative estimate of drug-likeness (QED) is 0.695. The highest BCUT2D eigenvalue weighted by Gasteiger charge is 2.08. The van der Waals surface area contributed by atoms with E-state index < -0.39 is 0 Å². The number of nitrogens with zero attached hydrogens (tertiary/aromatic N) is 4. The molecule has 3 rings (SSSR count). The number of carbonyl (C=O) groups excluding carboxylic acids is 1. The largest absolute Gasteiger partial charge is 0.465 e. The molecule has 23 heavy (non-hydrogen) atoms. The van der Waals surface area contributed by atoms with Crippen molar-refractivity contribution in [2.75, 3.05) is 7.11 Å². The molecule has 0 spiro atoms. The Morgan fingerprint density at radius 2 is 2.00 bits per heavy atom. The minimum absolute atomic E-state index is 0.381. The lowest BCUT2D eigenvalue weighted by molar-refractivity contribution is 0.0601. The van der Waals surface area contributed by atoms with Crippen LogP contribution in [-0.4, -0.2) is 28.1 Å². The van der Waals surface area contributed by atoms with Crippen LogP contribution in [0.2, 0.25) is 0 Å². The lowest BCUT2D eigenvalue weighted by Crippen LogP contribution is -2.00. The molecule has 0 aliphatic carbocycles. The van der Waals surface area contributed by atoms with Gasteiger partial charge in [-0.15, -0.1) is 5.10 Å². The lowest BCUT2D eigenvalue weighted by Gasteiger charge is -2.00. The Labute approximate surface area is 132 Å². The van der Waals surface area contributed by atoms with Crippen molar-refractivity contribution in [3.8, 4) is 23.0 Å². The summed E-state index contributed by atoms with van der Waals surface area (Å²) in [5.41, 5.74) is 3.30. The Bertz CT molecular complexity index is 891. The minimum Gasteiger partial charge on any atom is -0.465 e. The topological polar surface area (TPSA) is 80.8 Å². The number of hydrogen-bond donors (Lipinski definition) is 0. The number of ether oxygens (including phenoxy) is 1. The van der Waals surface area contributed by atoms with Gasteiger partial charge in [0.2, 0.25) is 0 Å². The first-order valence-corrected chi connectivity index (χ1v) is 6.83. The standard InChI is InChI=1S/C17H12N4O2/c1-23-17(22)14-7-5-13(6-8-14)16-11-21(20-19-16)15-4-2-3-12(9-15)10-18/h2-9,11H,1H3. The minimum atomic E-state index is -0.381. The van der Waals surface area contributed by atoms with E-state index in [1.54, 1.807) is 53.3 Å². The van der Waals surface area contributed by atoms with Gasteiger partial charge in [0.15, 0.2) is 0 Å². The van der Waals surface area contributed by atoms with Crippen LogP contribution in [0.3, 0.4) is 0 Å². The zero-order chi connectivity index (χ0) is 16.2. The second-order valence-electron chi connectivity index (χ2n) is 4.78. The molecule has 1 aromatic heterocycles. The molecule has 3 aromatic rings. The number of rotatable bonds is 3. The van der Waals surface area contributed by atoms with Gasteiger partial charge >= 0.3 is 5.97 Å². The zero-order valence-corrected chi connectivity index (χ0v) is 12.3. The van der Waals surface area contributed by atoms with Crippen molar-refractivity contribution in [3.05, 3.63) is 65.9 Å². The van der Waals surface area contributed by atoms with E-state index in [9.17, 15) is 4.79 Å². The maximum atomic E-state index is 11.4. The maximum Gasteiger partial charge on any atom is 0.337 e. The van der Waals surface area contributed by atoms with Gasteiger partial charge in [0.1, 0.15) is 5.69 Å². The molecule has 0 atom stereocenters. The van der Waals surface area contributed by atoms with E-state index in [4.69, 9.17) is 5.26 Å². The molecule has 0 bridgehead atoms. The fourth-order valence-electron chi connectivity index (χ4n) is 2.14. The summed E-state index contributed by atoms with van der Waals surface area (Å²) in [4.78, 5) is 11.4.